The van der Waals surface area contributed by atoms with Crippen molar-refractivity contribution >= 4 is 29.9 Å². The van der Waals surface area contributed by atoms with Crippen molar-refractivity contribution in [3.05, 3.63) is 64.7 Å². The largest absolute Gasteiger partial charge is 0.489 e. The molecule has 0 fully saturated rings. The predicted octanol–water partition coefficient (Wildman–Crippen LogP) is 3.74. The molecule has 1 amide bonds. The summed E-state index contributed by atoms with van der Waals surface area (Å²) in [5.41, 5.74) is 7.25. The van der Waals surface area contributed by atoms with Gasteiger partial charge in [0.05, 0.1) is 6.42 Å². The molecule has 2 aromatic carbocycles. The highest BCUT2D eigenvalue weighted by Crippen LogP contribution is 2.19. The van der Waals surface area contributed by atoms with E-state index in [2.05, 4.69) is 5.32 Å². The number of rotatable bonds is 7. The topological polar surface area (TPSA) is 64.3 Å². The minimum absolute atomic E-state index is 0. The van der Waals surface area contributed by atoms with Crippen LogP contribution in [0.25, 0.3) is 0 Å². The molecule has 2 rings (SSSR count). The van der Waals surface area contributed by atoms with Gasteiger partial charge in [0.1, 0.15) is 12.4 Å². The molecule has 2 aromatic rings. The Morgan fingerprint density at radius 2 is 1.92 bits per heavy atom. The summed E-state index contributed by atoms with van der Waals surface area (Å²) in [6, 6.07) is 15.1. The van der Waals surface area contributed by atoms with Gasteiger partial charge in [-0.15, -0.1) is 12.4 Å². The number of nitrogens with one attached hydrogen (secondary N) is 1. The van der Waals surface area contributed by atoms with Gasteiger partial charge in [-0.3, -0.25) is 4.79 Å². The molecule has 0 spiro atoms. The second-order valence-corrected chi connectivity index (χ2v) is 6.88. The van der Waals surface area contributed by atoms with Crippen LogP contribution in [0.3, 0.4) is 0 Å². The van der Waals surface area contributed by atoms with Crippen LogP contribution < -0.4 is 15.8 Å². The van der Waals surface area contributed by atoms with E-state index in [9.17, 15) is 4.79 Å². The number of ether oxygens (including phenoxy) is 1. The van der Waals surface area contributed by atoms with Crippen LogP contribution in [0.1, 0.15) is 25.0 Å². The van der Waals surface area contributed by atoms with Crippen LogP contribution in [0.4, 0.5) is 0 Å². The van der Waals surface area contributed by atoms with Crippen LogP contribution in [-0.4, -0.2) is 18.0 Å². The van der Waals surface area contributed by atoms with Gasteiger partial charge in [0, 0.05) is 22.7 Å². The highest BCUT2D eigenvalue weighted by molar-refractivity contribution is 6.31. The van der Waals surface area contributed by atoms with Gasteiger partial charge in [0.2, 0.25) is 5.91 Å². The zero-order chi connectivity index (χ0) is 17.6. The number of benzene rings is 2. The van der Waals surface area contributed by atoms with E-state index in [0.29, 0.717) is 30.3 Å². The standard InChI is InChI=1S/C19H23ClN2O2.ClH/c1-19(2,21)13-22-18(23)11-14-6-5-8-16(10-14)24-12-15-7-3-4-9-17(15)20;/h3-10H,11-13,21H2,1-2H3,(H,22,23);1H. The van der Waals surface area contributed by atoms with E-state index in [1.54, 1.807) is 0 Å². The van der Waals surface area contributed by atoms with E-state index in [1.807, 2.05) is 62.4 Å². The maximum atomic E-state index is 12.0. The summed E-state index contributed by atoms with van der Waals surface area (Å²) in [6.07, 6.45) is 0.291. The third-order valence-electron chi connectivity index (χ3n) is 3.36. The molecule has 0 atom stereocenters. The number of amides is 1. The van der Waals surface area contributed by atoms with E-state index in [1.165, 1.54) is 0 Å². The van der Waals surface area contributed by atoms with Crippen LogP contribution in [-0.2, 0) is 17.8 Å². The Morgan fingerprint density at radius 3 is 2.60 bits per heavy atom. The summed E-state index contributed by atoms with van der Waals surface area (Å²) < 4.78 is 5.77. The highest BCUT2D eigenvalue weighted by atomic mass is 35.5. The summed E-state index contributed by atoms with van der Waals surface area (Å²) in [6.45, 7) is 4.57. The molecule has 136 valence electrons. The first-order valence-corrected chi connectivity index (χ1v) is 8.22. The van der Waals surface area contributed by atoms with E-state index < -0.39 is 5.54 Å². The minimum atomic E-state index is -0.421. The Balaban J connectivity index is 0.00000312. The Kier molecular flexibility index (Phi) is 8.23. The van der Waals surface area contributed by atoms with Gasteiger partial charge >= 0.3 is 0 Å². The number of halogens is 2. The predicted molar refractivity (Wildman–Crippen MR) is 104 cm³/mol. The monoisotopic (exact) mass is 382 g/mol. The molecule has 0 saturated carbocycles. The number of carbonyl (C=O) groups is 1. The summed E-state index contributed by atoms with van der Waals surface area (Å²) in [5, 5.41) is 3.51. The molecule has 0 aromatic heterocycles. The molecular weight excluding hydrogens is 359 g/mol. The molecule has 0 radical (unpaired) electrons. The molecule has 3 N–H and O–H groups in total. The van der Waals surface area contributed by atoms with Crippen molar-refractivity contribution in [3.63, 3.8) is 0 Å². The Hall–Kier alpha value is -1.75. The maximum absolute atomic E-state index is 12.0. The number of carbonyl (C=O) groups excluding carboxylic acids is 1. The van der Waals surface area contributed by atoms with Crippen molar-refractivity contribution in [1.29, 1.82) is 0 Å². The first-order valence-electron chi connectivity index (χ1n) is 7.84. The van der Waals surface area contributed by atoms with Gasteiger partial charge in [-0.05, 0) is 37.6 Å². The fraction of sp³-hybridized carbons (Fsp3) is 0.316. The van der Waals surface area contributed by atoms with Gasteiger partial charge < -0.3 is 15.8 Å². The van der Waals surface area contributed by atoms with Gasteiger partial charge in [-0.1, -0.05) is 41.9 Å². The van der Waals surface area contributed by atoms with Gasteiger partial charge in [-0.25, -0.2) is 0 Å². The third kappa shape index (κ3) is 7.78. The quantitative estimate of drug-likeness (QED) is 0.766. The van der Waals surface area contributed by atoms with Gasteiger partial charge in [-0.2, -0.15) is 0 Å². The summed E-state index contributed by atoms with van der Waals surface area (Å²) in [5.74, 6) is 0.649. The normalized spacial score (nSPS) is 10.7. The van der Waals surface area contributed by atoms with Crippen LogP contribution in [0.2, 0.25) is 5.02 Å². The average Bonchev–Trinajstić information content (AvgIpc) is 2.52. The van der Waals surface area contributed by atoms with Crippen molar-refractivity contribution in [2.45, 2.75) is 32.4 Å². The first-order chi connectivity index (χ1) is 11.3. The molecule has 6 heteroatoms. The third-order valence-corrected chi connectivity index (χ3v) is 3.73. The van der Waals surface area contributed by atoms with Crippen LogP contribution >= 0.6 is 24.0 Å². The van der Waals surface area contributed by atoms with Crippen molar-refractivity contribution < 1.29 is 9.53 Å². The van der Waals surface area contributed by atoms with Crippen molar-refractivity contribution in [1.82, 2.24) is 5.32 Å². The second kappa shape index (κ2) is 9.66. The number of nitrogens with two attached hydrogens (primary N) is 1. The lowest BCUT2D eigenvalue weighted by molar-refractivity contribution is -0.120. The Morgan fingerprint density at radius 1 is 1.20 bits per heavy atom. The molecule has 0 saturated heterocycles. The van der Waals surface area contributed by atoms with Crippen molar-refractivity contribution in [2.24, 2.45) is 5.73 Å². The fourth-order valence-electron chi connectivity index (χ4n) is 2.10. The fourth-order valence-corrected chi connectivity index (χ4v) is 2.29. The minimum Gasteiger partial charge on any atom is -0.489 e. The lowest BCUT2D eigenvalue weighted by Crippen LogP contribution is -2.45. The summed E-state index contributed by atoms with van der Waals surface area (Å²) in [4.78, 5) is 12.0. The summed E-state index contributed by atoms with van der Waals surface area (Å²) in [7, 11) is 0. The van der Waals surface area contributed by atoms with E-state index in [4.69, 9.17) is 22.1 Å². The molecule has 4 nitrogen and oxygen atoms in total. The van der Waals surface area contributed by atoms with Crippen LogP contribution in [0, 0.1) is 0 Å². The molecular formula is C19H24Cl2N2O2. The highest BCUT2D eigenvalue weighted by Gasteiger charge is 2.12. The summed E-state index contributed by atoms with van der Waals surface area (Å²) >= 11 is 6.12. The molecule has 0 aliphatic heterocycles. The first kappa shape index (κ1) is 21.3. The SMILES string of the molecule is CC(C)(N)CNC(=O)Cc1cccc(OCc2ccccc2Cl)c1.Cl. The lowest BCUT2D eigenvalue weighted by atomic mass is 10.1. The van der Waals surface area contributed by atoms with Crippen LogP contribution in [0.15, 0.2) is 48.5 Å². The molecule has 0 heterocycles. The van der Waals surface area contributed by atoms with Crippen LogP contribution in [0.5, 0.6) is 5.75 Å². The number of hydrogen-bond acceptors (Lipinski definition) is 3. The van der Waals surface area contributed by atoms with Crippen molar-refractivity contribution in [2.75, 3.05) is 6.54 Å². The Bertz CT molecular complexity index is 700. The maximum Gasteiger partial charge on any atom is 0.224 e. The molecule has 0 bridgehead atoms. The zero-order valence-electron chi connectivity index (χ0n) is 14.4. The second-order valence-electron chi connectivity index (χ2n) is 6.47. The molecule has 0 unspecified atom stereocenters. The van der Waals surface area contributed by atoms with E-state index in [-0.39, 0.29) is 18.3 Å². The van der Waals surface area contributed by atoms with Gasteiger partial charge in [0.15, 0.2) is 0 Å². The zero-order valence-corrected chi connectivity index (χ0v) is 16.0. The van der Waals surface area contributed by atoms with E-state index in [0.717, 1.165) is 11.1 Å². The molecule has 25 heavy (non-hydrogen) atoms. The van der Waals surface area contributed by atoms with Crippen molar-refractivity contribution in [3.8, 4) is 5.75 Å². The Labute approximate surface area is 160 Å². The number of hydrogen-bond donors (Lipinski definition) is 2. The average molecular weight is 383 g/mol. The van der Waals surface area contributed by atoms with E-state index >= 15 is 0 Å². The molecule has 0 aliphatic carbocycles. The molecule has 0 aliphatic rings. The smallest absolute Gasteiger partial charge is 0.224 e. The lowest BCUT2D eigenvalue weighted by Gasteiger charge is -2.18. The van der Waals surface area contributed by atoms with Gasteiger partial charge in [0.25, 0.3) is 0 Å².